The molecule has 0 fully saturated rings. The summed E-state index contributed by atoms with van der Waals surface area (Å²) in [4.78, 5) is 5.26. The first-order chi connectivity index (χ1) is 14.5. The van der Waals surface area contributed by atoms with Crippen LogP contribution in [0.25, 0.3) is 10.9 Å². The van der Waals surface area contributed by atoms with E-state index in [1.165, 1.54) is 11.9 Å². The molecule has 0 saturated heterocycles. The number of ether oxygens (including phenoxy) is 2. The molecule has 0 amide bonds. The van der Waals surface area contributed by atoms with Crippen molar-refractivity contribution in [3.8, 4) is 17.2 Å². The largest absolute Gasteiger partial charge is 0.495 e. The quantitative estimate of drug-likeness (QED) is 0.284. The third kappa shape index (κ3) is 4.71. The highest BCUT2D eigenvalue weighted by Gasteiger charge is 2.13. The number of halogens is 3. The number of rotatable bonds is 6. The number of nitrogens with zero attached hydrogens (tertiary/aromatic N) is 1. The van der Waals surface area contributed by atoms with E-state index in [2.05, 4.69) is 9.71 Å². The summed E-state index contributed by atoms with van der Waals surface area (Å²) < 4.78 is 14.5. The van der Waals surface area contributed by atoms with E-state index in [0.29, 0.717) is 32.3 Å². The lowest BCUT2D eigenvalue weighted by Gasteiger charge is -2.13. The minimum atomic E-state index is 0.370. The molecule has 0 spiro atoms. The van der Waals surface area contributed by atoms with Gasteiger partial charge < -0.3 is 14.2 Å². The van der Waals surface area contributed by atoms with Crippen LogP contribution >= 0.6 is 46.8 Å². The van der Waals surface area contributed by atoms with E-state index in [1.807, 2.05) is 36.4 Å². The normalized spacial score (nSPS) is 10.8. The highest BCUT2D eigenvalue weighted by atomic mass is 35.5. The average molecular weight is 478 g/mol. The highest BCUT2D eigenvalue weighted by Crippen LogP contribution is 2.40. The number of aromatic nitrogens is 1. The van der Waals surface area contributed by atoms with Crippen molar-refractivity contribution >= 4 is 63.3 Å². The Morgan fingerprint density at radius 2 is 1.70 bits per heavy atom. The summed E-state index contributed by atoms with van der Waals surface area (Å²) in [6.07, 6.45) is 1.64. The van der Waals surface area contributed by atoms with Crippen molar-refractivity contribution in [3.05, 3.63) is 81.9 Å². The number of anilines is 1. The fraction of sp³-hybridized carbons (Fsp3) is 0.0455. The van der Waals surface area contributed by atoms with E-state index < -0.39 is 0 Å². The first-order valence-electron chi connectivity index (χ1n) is 8.81. The van der Waals surface area contributed by atoms with Gasteiger partial charge >= 0.3 is 0 Å². The highest BCUT2D eigenvalue weighted by molar-refractivity contribution is 8.00. The Labute approximate surface area is 193 Å². The van der Waals surface area contributed by atoms with Gasteiger partial charge in [0.1, 0.15) is 11.5 Å². The SMILES string of the molecule is COc1cc(Cl)ccc1SNc1cc(Cl)c(Oc2cnc3ccccc3c2)c(Cl)c1. The van der Waals surface area contributed by atoms with Gasteiger partial charge in [0.05, 0.1) is 33.8 Å². The second-order valence-electron chi connectivity index (χ2n) is 6.23. The predicted octanol–water partition coefficient (Wildman–Crippen LogP) is 8.12. The molecule has 0 bridgehead atoms. The van der Waals surface area contributed by atoms with Gasteiger partial charge in [-0.3, -0.25) is 4.98 Å². The lowest BCUT2D eigenvalue weighted by atomic mass is 10.2. The summed E-state index contributed by atoms with van der Waals surface area (Å²) in [6.45, 7) is 0. The maximum atomic E-state index is 6.44. The van der Waals surface area contributed by atoms with E-state index in [9.17, 15) is 0 Å². The van der Waals surface area contributed by atoms with Crippen molar-refractivity contribution < 1.29 is 9.47 Å². The van der Waals surface area contributed by atoms with Gasteiger partial charge in [-0.15, -0.1) is 0 Å². The number of para-hydroxylation sites is 1. The molecule has 152 valence electrons. The van der Waals surface area contributed by atoms with Gasteiger partial charge in [0, 0.05) is 16.1 Å². The van der Waals surface area contributed by atoms with Crippen LogP contribution in [-0.2, 0) is 0 Å². The number of hydrogen-bond acceptors (Lipinski definition) is 5. The fourth-order valence-corrected chi connectivity index (χ4v) is 4.23. The smallest absolute Gasteiger partial charge is 0.164 e. The van der Waals surface area contributed by atoms with E-state index in [1.54, 1.807) is 37.6 Å². The van der Waals surface area contributed by atoms with Gasteiger partial charge in [0.25, 0.3) is 0 Å². The van der Waals surface area contributed by atoms with Crippen molar-refractivity contribution in [1.29, 1.82) is 0 Å². The summed E-state index contributed by atoms with van der Waals surface area (Å²) in [7, 11) is 1.59. The Morgan fingerprint density at radius 1 is 0.933 bits per heavy atom. The van der Waals surface area contributed by atoms with Crippen LogP contribution < -0.4 is 14.2 Å². The molecule has 1 N–H and O–H groups in total. The van der Waals surface area contributed by atoms with Crippen molar-refractivity contribution in [1.82, 2.24) is 4.98 Å². The van der Waals surface area contributed by atoms with Gasteiger partial charge in [-0.1, -0.05) is 53.0 Å². The molecule has 4 rings (SSSR count). The summed E-state index contributed by atoms with van der Waals surface area (Å²) in [5, 5.41) is 2.32. The molecule has 1 aromatic heterocycles. The monoisotopic (exact) mass is 476 g/mol. The van der Waals surface area contributed by atoms with Crippen molar-refractivity contribution in [2.45, 2.75) is 4.90 Å². The molecule has 4 aromatic rings. The minimum Gasteiger partial charge on any atom is -0.495 e. The number of pyridine rings is 1. The molecule has 0 aliphatic heterocycles. The molecule has 0 saturated carbocycles. The van der Waals surface area contributed by atoms with Crippen LogP contribution in [0.4, 0.5) is 5.69 Å². The number of hydrogen-bond donors (Lipinski definition) is 1. The molecule has 0 radical (unpaired) electrons. The van der Waals surface area contributed by atoms with Crippen LogP contribution in [0.1, 0.15) is 0 Å². The van der Waals surface area contributed by atoms with E-state index in [4.69, 9.17) is 44.3 Å². The van der Waals surface area contributed by atoms with Gasteiger partial charge in [0.2, 0.25) is 0 Å². The number of methoxy groups -OCH3 is 1. The topological polar surface area (TPSA) is 43.4 Å². The zero-order chi connectivity index (χ0) is 21.1. The lowest BCUT2D eigenvalue weighted by molar-refractivity contribution is 0.405. The Hall–Kier alpha value is -2.31. The fourth-order valence-electron chi connectivity index (χ4n) is 2.78. The number of nitrogens with one attached hydrogen (secondary N) is 1. The summed E-state index contributed by atoms with van der Waals surface area (Å²) >= 11 is 20.3. The van der Waals surface area contributed by atoms with E-state index in [0.717, 1.165) is 21.5 Å². The maximum absolute atomic E-state index is 6.44. The number of benzene rings is 3. The molecular formula is C22H15Cl3N2O2S. The van der Waals surface area contributed by atoms with Crippen molar-refractivity contribution in [2.24, 2.45) is 0 Å². The predicted molar refractivity (Wildman–Crippen MR) is 126 cm³/mol. The zero-order valence-corrected chi connectivity index (χ0v) is 18.7. The standard InChI is InChI=1S/C22H15Cl3N2O2S/c1-28-20-9-14(23)6-7-21(20)30-27-15-10-17(24)22(18(25)11-15)29-16-8-13-4-2-3-5-19(13)26-12-16/h2-12,27H,1H3. The number of fused-ring (bicyclic) bond motifs is 1. The third-order valence-corrected chi connectivity index (χ3v) is 5.88. The van der Waals surface area contributed by atoms with Gasteiger partial charge in [0.15, 0.2) is 5.75 Å². The van der Waals surface area contributed by atoms with Crippen LogP contribution in [-0.4, -0.2) is 12.1 Å². The van der Waals surface area contributed by atoms with Gasteiger partial charge in [-0.05, 0) is 54.4 Å². The Morgan fingerprint density at radius 3 is 2.47 bits per heavy atom. The summed E-state index contributed by atoms with van der Waals surface area (Å²) in [6, 6.07) is 18.6. The first kappa shape index (κ1) is 20.9. The molecular weight excluding hydrogens is 463 g/mol. The average Bonchev–Trinajstić information content (AvgIpc) is 2.75. The van der Waals surface area contributed by atoms with Crippen LogP contribution in [0.3, 0.4) is 0 Å². The first-order valence-corrected chi connectivity index (χ1v) is 10.8. The Kier molecular flexibility index (Phi) is 6.44. The second-order valence-corrected chi connectivity index (χ2v) is 8.33. The molecule has 0 aliphatic carbocycles. The third-order valence-electron chi connectivity index (χ3n) is 4.19. The molecule has 30 heavy (non-hydrogen) atoms. The van der Waals surface area contributed by atoms with Crippen LogP contribution in [0.5, 0.6) is 17.2 Å². The molecule has 4 nitrogen and oxygen atoms in total. The zero-order valence-electron chi connectivity index (χ0n) is 15.7. The molecule has 0 atom stereocenters. The molecule has 8 heteroatoms. The molecule has 0 aliphatic rings. The van der Waals surface area contributed by atoms with E-state index >= 15 is 0 Å². The second kappa shape index (κ2) is 9.23. The minimum absolute atomic E-state index is 0.370. The Balaban J connectivity index is 1.53. The molecule has 1 heterocycles. The van der Waals surface area contributed by atoms with Crippen molar-refractivity contribution in [3.63, 3.8) is 0 Å². The van der Waals surface area contributed by atoms with Gasteiger partial charge in [-0.25, -0.2) is 0 Å². The summed E-state index contributed by atoms with van der Waals surface area (Å²) in [5.41, 5.74) is 1.60. The van der Waals surface area contributed by atoms with Crippen LogP contribution in [0.15, 0.2) is 71.8 Å². The maximum Gasteiger partial charge on any atom is 0.164 e. The lowest BCUT2D eigenvalue weighted by Crippen LogP contribution is -1.93. The van der Waals surface area contributed by atoms with Crippen LogP contribution in [0.2, 0.25) is 15.1 Å². The van der Waals surface area contributed by atoms with E-state index in [-0.39, 0.29) is 0 Å². The summed E-state index contributed by atoms with van der Waals surface area (Å²) in [5.74, 6) is 1.59. The molecule has 3 aromatic carbocycles. The van der Waals surface area contributed by atoms with Crippen molar-refractivity contribution in [2.75, 3.05) is 11.8 Å². The van der Waals surface area contributed by atoms with Gasteiger partial charge in [-0.2, -0.15) is 0 Å². The van der Waals surface area contributed by atoms with Crippen LogP contribution in [0, 0.1) is 0 Å². The Bertz CT molecular complexity index is 1200. The molecule has 0 unspecified atom stereocenters.